The Labute approximate surface area is 119 Å². The summed E-state index contributed by atoms with van der Waals surface area (Å²) in [6.07, 6.45) is 1.34. The molecule has 1 amide bonds. The van der Waals surface area contributed by atoms with Crippen LogP contribution >= 0.6 is 0 Å². The number of rotatable bonds is 4. The predicted molar refractivity (Wildman–Crippen MR) is 74.6 cm³/mol. The van der Waals surface area contributed by atoms with Crippen LogP contribution in [0.4, 0.5) is 10.1 Å². The zero-order valence-corrected chi connectivity index (χ0v) is 10.7. The fourth-order valence-corrected chi connectivity index (χ4v) is 1.54. The number of hydrogen-bond donors (Lipinski definition) is 1. The van der Waals surface area contributed by atoms with Gasteiger partial charge in [0.25, 0.3) is 11.6 Å². The van der Waals surface area contributed by atoms with E-state index in [0.717, 1.165) is 6.07 Å². The molecule has 0 radical (unpaired) electrons. The highest BCUT2D eigenvalue weighted by Crippen LogP contribution is 2.12. The number of nitrogens with zero attached hydrogens (tertiary/aromatic N) is 2. The lowest BCUT2D eigenvalue weighted by Gasteiger charge is -1.99. The van der Waals surface area contributed by atoms with Crippen molar-refractivity contribution in [3.05, 3.63) is 75.6 Å². The maximum atomic E-state index is 12.7. The lowest BCUT2D eigenvalue weighted by Crippen LogP contribution is -2.17. The van der Waals surface area contributed by atoms with Gasteiger partial charge in [-0.2, -0.15) is 5.10 Å². The fourth-order valence-electron chi connectivity index (χ4n) is 1.54. The van der Waals surface area contributed by atoms with E-state index in [1.54, 1.807) is 0 Å². The van der Waals surface area contributed by atoms with Gasteiger partial charge in [0.05, 0.1) is 11.1 Å². The van der Waals surface area contributed by atoms with Gasteiger partial charge in [0.15, 0.2) is 0 Å². The first-order chi connectivity index (χ1) is 10.1. The molecular formula is C14H10FN3O3. The molecule has 2 rings (SSSR count). The maximum absolute atomic E-state index is 12.7. The van der Waals surface area contributed by atoms with E-state index in [9.17, 15) is 19.3 Å². The van der Waals surface area contributed by atoms with Crippen molar-refractivity contribution in [2.24, 2.45) is 5.10 Å². The Morgan fingerprint density at radius 1 is 1.24 bits per heavy atom. The molecule has 0 spiro atoms. The van der Waals surface area contributed by atoms with Crippen LogP contribution < -0.4 is 5.43 Å². The molecule has 0 atom stereocenters. The van der Waals surface area contributed by atoms with Crippen LogP contribution in [0.2, 0.25) is 0 Å². The zero-order valence-electron chi connectivity index (χ0n) is 10.7. The van der Waals surface area contributed by atoms with Crippen molar-refractivity contribution >= 4 is 17.8 Å². The number of amides is 1. The number of nitro benzene ring substituents is 1. The lowest BCUT2D eigenvalue weighted by atomic mass is 10.2. The van der Waals surface area contributed by atoms with Gasteiger partial charge in [0.2, 0.25) is 0 Å². The Morgan fingerprint density at radius 2 is 1.95 bits per heavy atom. The highest BCUT2D eigenvalue weighted by molar-refractivity contribution is 5.95. The highest BCUT2D eigenvalue weighted by Gasteiger charge is 2.10. The number of carbonyl (C=O) groups excluding carboxylic acids is 1. The summed E-state index contributed by atoms with van der Waals surface area (Å²) in [4.78, 5) is 21.8. The fraction of sp³-hybridized carbons (Fsp3) is 0. The van der Waals surface area contributed by atoms with Gasteiger partial charge in [-0.3, -0.25) is 14.9 Å². The molecule has 106 valence electrons. The second-order valence-electron chi connectivity index (χ2n) is 4.06. The van der Waals surface area contributed by atoms with Crippen LogP contribution in [0.15, 0.2) is 53.6 Å². The number of nitrogens with one attached hydrogen (secondary N) is 1. The summed E-state index contributed by atoms with van der Waals surface area (Å²) >= 11 is 0. The lowest BCUT2D eigenvalue weighted by molar-refractivity contribution is -0.384. The molecular weight excluding hydrogens is 277 g/mol. The Morgan fingerprint density at radius 3 is 2.62 bits per heavy atom. The molecule has 2 aromatic carbocycles. The smallest absolute Gasteiger partial charge is 0.267 e. The van der Waals surface area contributed by atoms with E-state index in [-0.39, 0.29) is 17.1 Å². The number of hydrogen-bond acceptors (Lipinski definition) is 4. The first-order valence-corrected chi connectivity index (χ1v) is 5.90. The number of non-ortho nitro benzene ring substituents is 1. The summed E-state index contributed by atoms with van der Waals surface area (Å²) in [6, 6.07) is 10.8. The molecule has 0 unspecified atom stereocenters. The van der Waals surface area contributed by atoms with Gasteiger partial charge in [0.1, 0.15) is 5.82 Å². The molecule has 0 heterocycles. The molecule has 0 aliphatic heterocycles. The quantitative estimate of drug-likeness (QED) is 0.532. The average molecular weight is 287 g/mol. The Kier molecular flexibility index (Phi) is 4.35. The third-order valence-corrected chi connectivity index (χ3v) is 2.57. The molecule has 0 saturated carbocycles. The molecule has 0 aliphatic carbocycles. The van der Waals surface area contributed by atoms with Crippen LogP contribution in [0.1, 0.15) is 15.9 Å². The van der Waals surface area contributed by atoms with Crippen LogP contribution in [0, 0.1) is 15.9 Å². The molecule has 6 nitrogen and oxygen atoms in total. The van der Waals surface area contributed by atoms with Gasteiger partial charge in [-0.05, 0) is 23.8 Å². The molecule has 0 saturated heterocycles. The van der Waals surface area contributed by atoms with Crippen molar-refractivity contribution in [1.82, 2.24) is 5.43 Å². The van der Waals surface area contributed by atoms with Crippen molar-refractivity contribution in [3.63, 3.8) is 0 Å². The molecule has 7 heteroatoms. The molecule has 1 N–H and O–H groups in total. The number of hydrazone groups is 1. The molecule has 2 aromatic rings. The van der Waals surface area contributed by atoms with Crippen LogP contribution in [-0.4, -0.2) is 17.0 Å². The third-order valence-electron chi connectivity index (χ3n) is 2.57. The molecule has 0 aliphatic rings. The Hall–Kier alpha value is -3.09. The van der Waals surface area contributed by atoms with Gasteiger partial charge in [0, 0.05) is 17.7 Å². The number of carbonyl (C=O) groups is 1. The second kappa shape index (κ2) is 6.38. The summed E-state index contributed by atoms with van der Waals surface area (Å²) in [5.41, 5.74) is 2.80. The molecule has 0 fully saturated rings. The maximum Gasteiger partial charge on any atom is 0.271 e. The average Bonchev–Trinajstić information content (AvgIpc) is 2.49. The summed E-state index contributed by atoms with van der Waals surface area (Å²) in [5.74, 6) is -0.940. The minimum atomic E-state index is -0.585. The van der Waals surface area contributed by atoms with Gasteiger partial charge in [-0.15, -0.1) is 0 Å². The normalized spacial score (nSPS) is 10.5. The van der Waals surface area contributed by atoms with Crippen molar-refractivity contribution in [2.45, 2.75) is 0 Å². The Balaban J connectivity index is 2.03. The van der Waals surface area contributed by atoms with Gasteiger partial charge in [-0.1, -0.05) is 18.2 Å². The van der Waals surface area contributed by atoms with Gasteiger partial charge in [-0.25, -0.2) is 9.82 Å². The van der Waals surface area contributed by atoms with E-state index in [1.807, 2.05) is 0 Å². The van der Waals surface area contributed by atoms with Crippen molar-refractivity contribution < 1.29 is 14.1 Å². The highest BCUT2D eigenvalue weighted by atomic mass is 19.1. The van der Waals surface area contributed by atoms with Gasteiger partial charge >= 0.3 is 0 Å². The van der Waals surface area contributed by atoms with Crippen molar-refractivity contribution in [3.8, 4) is 0 Å². The van der Waals surface area contributed by atoms with E-state index < -0.39 is 10.8 Å². The van der Waals surface area contributed by atoms with E-state index in [2.05, 4.69) is 10.5 Å². The monoisotopic (exact) mass is 287 g/mol. The SMILES string of the molecule is O=C(N/N=C/c1ccc(F)cc1)c1cccc([N+](=O)[O-])c1. The largest absolute Gasteiger partial charge is 0.271 e. The van der Waals surface area contributed by atoms with E-state index in [4.69, 9.17) is 0 Å². The van der Waals surface area contributed by atoms with Crippen LogP contribution in [0.5, 0.6) is 0 Å². The van der Waals surface area contributed by atoms with Crippen LogP contribution in [0.25, 0.3) is 0 Å². The van der Waals surface area contributed by atoms with Crippen LogP contribution in [0.3, 0.4) is 0 Å². The topological polar surface area (TPSA) is 84.6 Å². The van der Waals surface area contributed by atoms with E-state index in [0.29, 0.717) is 5.56 Å². The summed E-state index contributed by atoms with van der Waals surface area (Å²) in [6.45, 7) is 0. The number of nitro groups is 1. The summed E-state index contributed by atoms with van der Waals surface area (Å²) < 4.78 is 12.7. The van der Waals surface area contributed by atoms with E-state index in [1.165, 1.54) is 48.7 Å². The van der Waals surface area contributed by atoms with Crippen molar-refractivity contribution in [1.29, 1.82) is 0 Å². The minimum absolute atomic E-state index is 0.125. The summed E-state index contributed by atoms with van der Waals surface area (Å²) in [5, 5.41) is 14.3. The standard InChI is InChI=1S/C14H10FN3O3/c15-12-6-4-10(5-7-12)9-16-17-14(19)11-2-1-3-13(8-11)18(20)21/h1-9H,(H,17,19)/b16-9+. The third kappa shape index (κ3) is 3.93. The minimum Gasteiger partial charge on any atom is -0.267 e. The molecule has 21 heavy (non-hydrogen) atoms. The number of benzene rings is 2. The van der Waals surface area contributed by atoms with Gasteiger partial charge < -0.3 is 0 Å². The second-order valence-corrected chi connectivity index (χ2v) is 4.06. The zero-order chi connectivity index (χ0) is 15.2. The Bertz CT molecular complexity index is 699. The van der Waals surface area contributed by atoms with E-state index >= 15 is 0 Å². The van der Waals surface area contributed by atoms with Crippen LogP contribution in [-0.2, 0) is 0 Å². The summed E-state index contributed by atoms with van der Waals surface area (Å²) in [7, 11) is 0. The molecule has 0 bridgehead atoms. The molecule has 0 aromatic heterocycles. The number of halogens is 1. The first kappa shape index (κ1) is 14.3. The van der Waals surface area contributed by atoms with Crippen molar-refractivity contribution in [2.75, 3.05) is 0 Å². The predicted octanol–water partition coefficient (Wildman–Crippen LogP) is 2.50. The first-order valence-electron chi connectivity index (χ1n) is 5.90.